The molecule has 0 radical (unpaired) electrons. The van der Waals surface area contributed by atoms with Crippen molar-refractivity contribution >= 4 is 23.4 Å². The molecule has 3 aromatic rings. The van der Waals surface area contributed by atoms with Crippen molar-refractivity contribution in [1.29, 1.82) is 5.26 Å². The minimum absolute atomic E-state index is 0.115. The third kappa shape index (κ3) is 4.38. The number of amides is 1. The van der Waals surface area contributed by atoms with Crippen LogP contribution in [-0.4, -0.2) is 35.1 Å². The normalized spacial score (nSPS) is 13.3. The second-order valence-corrected chi connectivity index (χ2v) is 8.22. The lowest BCUT2D eigenvalue weighted by atomic mass is 9.92. The lowest BCUT2D eigenvalue weighted by Gasteiger charge is -2.28. The van der Waals surface area contributed by atoms with Crippen molar-refractivity contribution in [3.63, 3.8) is 0 Å². The van der Waals surface area contributed by atoms with Crippen LogP contribution in [0.15, 0.2) is 65.7 Å². The molecule has 0 spiro atoms. The summed E-state index contributed by atoms with van der Waals surface area (Å²) < 4.78 is 0. The average Bonchev–Trinajstić information content (AvgIpc) is 2.78. The number of para-hydroxylation sites is 1. The first kappa shape index (κ1) is 20.1. The van der Waals surface area contributed by atoms with Crippen molar-refractivity contribution < 1.29 is 4.79 Å². The summed E-state index contributed by atoms with van der Waals surface area (Å²) in [6, 6.07) is 21.7. The van der Waals surface area contributed by atoms with E-state index in [9.17, 15) is 10.1 Å². The molecular weight excluding hydrogens is 392 g/mol. The number of rotatable bonds is 5. The van der Waals surface area contributed by atoms with Gasteiger partial charge in [0.05, 0.1) is 11.3 Å². The first-order valence-electron chi connectivity index (χ1n) is 9.83. The summed E-state index contributed by atoms with van der Waals surface area (Å²) in [5, 5.41) is 13.5. The van der Waals surface area contributed by atoms with Gasteiger partial charge in [-0.1, -0.05) is 60.3 Å². The molecule has 150 valence electrons. The van der Waals surface area contributed by atoms with E-state index in [0.717, 1.165) is 47.6 Å². The predicted molar refractivity (Wildman–Crippen MR) is 120 cm³/mol. The second kappa shape index (κ2) is 9.12. The van der Waals surface area contributed by atoms with Gasteiger partial charge in [-0.05, 0) is 30.3 Å². The van der Waals surface area contributed by atoms with E-state index in [0.29, 0.717) is 10.6 Å². The van der Waals surface area contributed by atoms with Crippen molar-refractivity contribution in [2.24, 2.45) is 0 Å². The summed E-state index contributed by atoms with van der Waals surface area (Å²) in [4.78, 5) is 19.5. The molecule has 1 aliphatic heterocycles. The van der Waals surface area contributed by atoms with E-state index in [1.807, 2.05) is 60.7 Å². The van der Waals surface area contributed by atoms with Gasteiger partial charge in [-0.25, -0.2) is 4.98 Å². The van der Waals surface area contributed by atoms with Crippen LogP contribution in [0.1, 0.15) is 16.8 Å². The Bertz CT molecular complexity index is 1090. The van der Waals surface area contributed by atoms with Gasteiger partial charge < -0.3 is 10.2 Å². The Morgan fingerprint density at radius 3 is 2.57 bits per heavy atom. The summed E-state index contributed by atoms with van der Waals surface area (Å²) in [5.41, 5.74) is 5.41. The Labute approximate surface area is 180 Å². The van der Waals surface area contributed by atoms with Crippen LogP contribution in [0.25, 0.3) is 11.1 Å². The quantitative estimate of drug-likeness (QED) is 0.629. The van der Waals surface area contributed by atoms with Crippen LogP contribution in [-0.2, 0) is 17.8 Å². The van der Waals surface area contributed by atoms with E-state index >= 15 is 0 Å². The highest BCUT2D eigenvalue weighted by molar-refractivity contribution is 8.00. The maximum Gasteiger partial charge on any atom is 0.234 e. The van der Waals surface area contributed by atoms with Gasteiger partial charge in [0.1, 0.15) is 11.1 Å². The number of nitriles is 1. The topological polar surface area (TPSA) is 69.0 Å². The maximum atomic E-state index is 12.4. The SMILES string of the molecule is CN1CCc2nc(SCC(=O)Nc3ccccc3)c(C#N)c(-c3ccccc3)c2C1. The Morgan fingerprint density at radius 2 is 1.87 bits per heavy atom. The molecule has 1 N–H and O–H groups in total. The average molecular weight is 415 g/mol. The van der Waals surface area contributed by atoms with E-state index in [4.69, 9.17) is 4.98 Å². The van der Waals surface area contributed by atoms with Crippen molar-refractivity contribution in [2.45, 2.75) is 18.0 Å². The van der Waals surface area contributed by atoms with E-state index in [1.54, 1.807) is 0 Å². The van der Waals surface area contributed by atoms with Gasteiger partial charge in [0.2, 0.25) is 5.91 Å². The Hall–Kier alpha value is -3.14. The number of hydrogen-bond donors (Lipinski definition) is 1. The van der Waals surface area contributed by atoms with Gasteiger partial charge in [0.25, 0.3) is 0 Å². The van der Waals surface area contributed by atoms with Crippen LogP contribution in [0.5, 0.6) is 0 Å². The molecule has 0 atom stereocenters. The lowest BCUT2D eigenvalue weighted by Crippen LogP contribution is -2.28. The third-order valence-electron chi connectivity index (χ3n) is 5.08. The number of nitrogens with one attached hydrogen (secondary N) is 1. The zero-order valence-electron chi connectivity index (χ0n) is 16.8. The molecule has 4 rings (SSSR count). The Kier molecular flexibility index (Phi) is 6.12. The van der Waals surface area contributed by atoms with Crippen LogP contribution >= 0.6 is 11.8 Å². The molecule has 2 aromatic carbocycles. The number of benzene rings is 2. The van der Waals surface area contributed by atoms with E-state index in [-0.39, 0.29) is 11.7 Å². The fourth-order valence-electron chi connectivity index (χ4n) is 3.65. The van der Waals surface area contributed by atoms with Gasteiger partial charge in [-0.3, -0.25) is 4.79 Å². The monoisotopic (exact) mass is 414 g/mol. The highest BCUT2D eigenvalue weighted by Gasteiger charge is 2.25. The predicted octanol–water partition coefficient (Wildman–Crippen LogP) is 4.34. The molecule has 5 nitrogen and oxygen atoms in total. The first-order valence-corrected chi connectivity index (χ1v) is 10.8. The number of pyridine rings is 1. The fourth-order valence-corrected chi connectivity index (χ4v) is 4.46. The molecule has 0 saturated heterocycles. The Morgan fingerprint density at radius 1 is 1.17 bits per heavy atom. The number of carbonyl (C=O) groups is 1. The number of likely N-dealkylation sites (N-methyl/N-ethyl adjacent to an activating group) is 1. The van der Waals surface area contributed by atoms with Crippen molar-refractivity contribution in [2.75, 3.05) is 24.7 Å². The minimum atomic E-state index is -0.115. The van der Waals surface area contributed by atoms with Crippen molar-refractivity contribution in [3.05, 3.63) is 77.5 Å². The van der Waals surface area contributed by atoms with Gasteiger partial charge >= 0.3 is 0 Å². The summed E-state index contributed by atoms with van der Waals surface area (Å²) >= 11 is 1.32. The molecule has 0 bridgehead atoms. The van der Waals surface area contributed by atoms with E-state index in [2.05, 4.69) is 23.3 Å². The van der Waals surface area contributed by atoms with Crippen LogP contribution < -0.4 is 5.32 Å². The lowest BCUT2D eigenvalue weighted by molar-refractivity contribution is -0.113. The molecule has 1 aromatic heterocycles. The smallest absolute Gasteiger partial charge is 0.234 e. The zero-order valence-corrected chi connectivity index (χ0v) is 17.6. The van der Waals surface area contributed by atoms with Gasteiger partial charge in [-0.2, -0.15) is 5.26 Å². The molecule has 6 heteroatoms. The number of anilines is 1. The largest absolute Gasteiger partial charge is 0.325 e. The van der Waals surface area contributed by atoms with Crippen LogP contribution in [0.2, 0.25) is 0 Å². The Balaban J connectivity index is 1.67. The molecule has 1 amide bonds. The highest BCUT2D eigenvalue weighted by Crippen LogP contribution is 2.37. The van der Waals surface area contributed by atoms with Crippen LogP contribution in [0, 0.1) is 11.3 Å². The number of aromatic nitrogens is 1. The van der Waals surface area contributed by atoms with Crippen LogP contribution in [0.4, 0.5) is 5.69 Å². The molecule has 30 heavy (non-hydrogen) atoms. The van der Waals surface area contributed by atoms with Crippen molar-refractivity contribution in [3.8, 4) is 17.2 Å². The molecule has 1 aliphatic rings. The highest BCUT2D eigenvalue weighted by atomic mass is 32.2. The first-order chi connectivity index (χ1) is 14.7. The number of thioether (sulfide) groups is 1. The molecule has 0 saturated carbocycles. The van der Waals surface area contributed by atoms with Crippen molar-refractivity contribution in [1.82, 2.24) is 9.88 Å². The number of nitrogens with zero attached hydrogens (tertiary/aromatic N) is 3. The summed E-state index contributed by atoms with van der Waals surface area (Å²) in [6.07, 6.45) is 0.834. The van der Waals surface area contributed by atoms with Crippen LogP contribution in [0.3, 0.4) is 0 Å². The number of hydrogen-bond acceptors (Lipinski definition) is 5. The molecule has 0 aliphatic carbocycles. The third-order valence-corrected chi connectivity index (χ3v) is 6.06. The molecule has 0 unspecified atom stereocenters. The molecular formula is C24H22N4OS. The maximum absolute atomic E-state index is 12.4. The molecule has 2 heterocycles. The van der Waals surface area contributed by atoms with Gasteiger partial charge in [0, 0.05) is 36.5 Å². The van der Waals surface area contributed by atoms with Gasteiger partial charge in [0.15, 0.2) is 0 Å². The summed E-state index contributed by atoms with van der Waals surface area (Å²) in [5.74, 6) is 0.0827. The van der Waals surface area contributed by atoms with Gasteiger partial charge in [-0.15, -0.1) is 0 Å². The minimum Gasteiger partial charge on any atom is -0.325 e. The fraction of sp³-hybridized carbons (Fsp3) is 0.208. The van der Waals surface area contributed by atoms with E-state index < -0.39 is 0 Å². The second-order valence-electron chi connectivity index (χ2n) is 7.26. The number of fused-ring (bicyclic) bond motifs is 1. The summed E-state index contributed by atoms with van der Waals surface area (Å²) in [7, 11) is 2.08. The van der Waals surface area contributed by atoms with E-state index in [1.165, 1.54) is 11.8 Å². The molecule has 0 fully saturated rings. The standard InChI is InChI=1S/C24H22N4OS/c1-28-13-12-21-20(15-28)23(17-8-4-2-5-9-17)19(14-25)24(27-21)30-16-22(29)26-18-10-6-3-7-11-18/h2-11H,12-13,15-16H2,1H3,(H,26,29). The summed E-state index contributed by atoms with van der Waals surface area (Å²) in [6.45, 7) is 1.69. The zero-order chi connectivity index (χ0) is 20.9. The number of carbonyl (C=O) groups excluding carboxylic acids is 1.